The fourth-order valence-corrected chi connectivity index (χ4v) is 5.93. The Labute approximate surface area is 198 Å². The van der Waals surface area contributed by atoms with E-state index >= 15 is 0 Å². The number of nitrogens with zero attached hydrogens (tertiary/aromatic N) is 2. The number of carbonyl (C=O) groups is 2. The van der Waals surface area contributed by atoms with Crippen LogP contribution in [-0.4, -0.2) is 57.4 Å². The molecular formula is C25H25N3O5S. The number of rotatable bonds is 5. The smallest absolute Gasteiger partial charge is 0.243 e. The van der Waals surface area contributed by atoms with Crippen molar-refractivity contribution >= 4 is 44.0 Å². The highest BCUT2D eigenvalue weighted by atomic mass is 32.2. The summed E-state index contributed by atoms with van der Waals surface area (Å²) in [7, 11) is -3.67. The molecule has 0 aliphatic carbocycles. The fourth-order valence-electron chi connectivity index (χ4n) is 4.47. The molecule has 0 radical (unpaired) electrons. The zero-order chi connectivity index (χ0) is 23.7. The molecule has 176 valence electrons. The van der Waals surface area contributed by atoms with Crippen LogP contribution >= 0.6 is 0 Å². The summed E-state index contributed by atoms with van der Waals surface area (Å²) in [6.07, 6.45) is 0.0980. The lowest BCUT2D eigenvalue weighted by Gasteiger charge is -2.26. The van der Waals surface area contributed by atoms with Crippen molar-refractivity contribution in [2.24, 2.45) is 5.92 Å². The third-order valence-electron chi connectivity index (χ3n) is 6.26. The van der Waals surface area contributed by atoms with Gasteiger partial charge in [-0.3, -0.25) is 9.59 Å². The monoisotopic (exact) mass is 479 g/mol. The fraction of sp³-hybridized carbons (Fsp3) is 0.280. The Morgan fingerprint density at radius 2 is 1.71 bits per heavy atom. The van der Waals surface area contributed by atoms with E-state index in [1.807, 2.05) is 42.5 Å². The van der Waals surface area contributed by atoms with Crippen LogP contribution < -0.4 is 10.2 Å². The Balaban J connectivity index is 1.32. The van der Waals surface area contributed by atoms with Gasteiger partial charge in [0.15, 0.2) is 0 Å². The van der Waals surface area contributed by atoms with Crippen LogP contribution in [0.2, 0.25) is 0 Å². The molecule has 1 atom stereocenters. The van der Waals surface area contributed by atoms with Crippen LogP contribution in [0, 0.1) is 5.92 Å². The number of ether oxygens (including phenoxy) is 1. The first-order valence-corrected chi connectivity index (χ1v) is 12.6. The molecule has 3 aromatic carbocycles. The van der Waals surface area contributed by atoms with Gasteiger partial charge in [-0.25, -0.2) is 8.42 Å². The first kappa shape index (κ1) is 22.5. The first-order chi connectivity index (χ1) is 16.4. The van der Waals surface area contributed by atoms with Crippen molar-refractivity contribution in [3.05, 3.63) is 66.7 Å². The maximum atomic E-state index is 13.0. The van der Waals surface area contributed by atoms with Gasteiger partial charge in [-0.1, -0.05) is 42.5 Å². The van der Waals surface area contributed by atoms with Crippen LogP contribution in [-0.2, 0) is 24.3 Å². The van der Waals surface area contributed by atoms with Gasteiger partial charge in [-0.05, 0) is 29.7 Å². The summed E-state index contributed by atoms with van der Waals surface area (Å²) in [6, 6.07) is 19.8. The second-order valence-corrected chi connectivity index (χ2v) is 10.4. The summed E-state index contributed by atoms with van der Waals surface area (Å²) in [4.78, 5) is 27.6. The number of nitrogens with one attached hydrogen (secondary N) is 1. The van der Waals surface area contributed by atoms with Gasteiger partial charge in [0.25, 0.3) is 0 Å². The van der Waals surface area contributed by atoms with Gasteiger partial charge in [-0.15, -0.1) is 0 Å². The molecule has 2 fully saturated rings. The lowest BCUT2D eigenvalue weighted by Crippen LogP contribution is -2.40. The SMILES string of the molecule is O=C(Nc1cccc(S(=O)(=O)N2CCOCC2)c1)[C@H]1CC(=O)N(c2cccc3ccccc23)C1. The minimum Gasteiger partial charge on any atom is -0.379 e. The lowest BCUT2D eigenvalue weighted by molar-refractivity contribution is -0.122. The van der Waals surface area contributed by atoms with Crippen molar-refractivity contribution in [1.29, 1.82) is 0 Å². The molecule has 0 unspecified atom stereocenters. The summed E-state index contributed by atoms with van der Waals surface area (Å²) in [5.41, 5.74) is 1.17. The second-order valence-electron chi connectivity index (χ2n) is 8.44. The van der Waals surface area contributed by atoms with E-state index in [9.17, 15) is 18.0 Å². The van der Waals surface area contributed by atoms with Crippen molar-refractivity contribution < 1.29 is 22.7 Å². The second kappa shape index (κ2) is 9.17. The van der Waals surface area contributed by atoms with Crippen LogP contribution in [0.3, 0.4) is 0 Å². The van der Waals surface area contributed by atoms with Crippen LogP contribution in [0.25, 0.3) is 10.8 Å². The van der Waals surface area contributed by atoms with Gasteiger partial charge in [0.1, 0.15) is 0 Å². The number of anilines is 2. The molecule has 0 spiro atoms. The molecule has 8 nitrogen and oxygen atoms in total. The minimum absolute atomic E-state index is 0.0980. The maximum Gasteiger partial charge on any atom is 0.243 e. The third-order valence-corrected chi connectivity index (χ3v) is 8.16. The van der Waals surface area contributed by atoms with Crippen molar-refractivity contribution in [1.82, 2.24) is 4.31 Å². The van der Waals surface area contributed by atoms with Crippen molar-refractivity contribution in [3.8, 4) is 0 Å². The van der Waals surface area contributed by atoms with Gasteiger partial charge in [-0.2, -0.15) is 4.31 Å². The normalized spacial score (nSPS) is 19.5. The van der Waals surface area contributed by atoms with E-state index in [0.717, 1.165) is 16.5 Å². The minimum atomic E-state index is -3.67. The summed E-state index contributed by atoms with van der Waals surface area (Å²) in [5.74, 6) is -0.955. The van der Waals surface area contributed by atoms with Gasteiger partial charge in [0.05, 0.1) is 29.7 Å². The van der Waals surface area contributed by atoms with Crippen molar-refractivity contribution in [3.63, 3.8) is 0 Å². The lowest BCUT2D eigenvalue weighted by atomic mass is 10.1. The molecule has 34 heavy (non-hydrogen) atoms. The molecule has 2 aliphatic heterocycles. The predicted octanol–water partition coefficient (Wildman–Crippen LogP) is 2.85. The number of amides is 2. The average Bonchev–Trinajstić information content (AvgIpc) is 3.26. The average molecular weight is 480 g/mol. The van der Waals surface area contributed by atoms with Crippen LogP contribution in [0.5, 0.6) is 0 Å². The van der Waals surface area contributed by atoms with Crippen molar-refractivity contribution in [2.75, 3.05) is 43.1 Å². The molecule has 2 heterocycles. The zero-order valence-corrected chi connectivity index (χ0v) is 19.3. The maximum absolute atomic E-state index is 13.0. The van der Waals surface area contributed by atoms with E-state index in [0.29, 0.717) is 32.0 Å². The summed E-state index contributed by atoms with van der Waals surface area (Å²) < 4.78 is 32.5. The van der Waals surface area contributed by atoms with E-state index in [1.54, 1.807) is 17.0 Å². The zero-order valence-electron chi connectivity index (χ0n) is 18.5. The predicted molar refractivity (Wildman–Crippen MR) is 129 cm³/mol. The highest BCUT2D eigenvalue weighted by molar-refractivity contribution is 7.89. The Morgan fingerprint density at radius 3 is 2.53 bits per heavy atom. The molecule has 9 heteroatoms. The van der Waals surface area contributed by atoms with E-state index in [2.05, 4.69) is 5.32 Å². The Hall–Kier alpha value is -3.27. The summed E-state index contributed by atoms with van der Waals surface area (Å²) >= 11 is 0. The third kappa shape index (κ3) is 4.29. The van der Waals surface area contributed by atoms with Crippen molar-refractivity contribution in [2.45, 2.75) is 11.3 Å². The van der Waals surface area contributed by atoms with Crippen LogP contribution in [0.4, 0.5) is 11.4 Å². The number of carbonyl (C=O) groups excluding carboxylic acids is 2. The topological polar surface area (TPSA) is 96.0 Å². The molecule has 2 amide bonds. The molecule has 0 bridgehead atoms. The molecule has 2 saturated heterocycles. The quantitative estimate of drug-likeness (QED) is 0.607. The molecule has 1 N–H and O–H groups in total. The van der Waals surface area contributed by atoms with E-state index in [4.69, 9.17) is 4.74 Å². The van der Waals surface area contributed by atoms with Crippen LogP contribution in [0.1, 0.15) is 6.42 Å². The Morgan fingerprint density at radius 1 is 0.971 bits per heavy atom. The first-order valence-electron chi connectivity index (χ1n) is 11.2. The molecule has 0 saturated carbocycles. The van der Waals surface area contributed by atoms with E-state index < -0.39 is 15.9 Å². The van der Waals surface area contributed by atoms with Gasteiger partial charge in [0, 0.05) is 37.1 Å². The van der Waals surface area contributed by atoms with Gasteiger partial charge in [0.2, 0.25) is 21.8 Å². The largest absolute Gasteiger partial charge is 0.379 e. The number of morpholine rings is 1. The standard InChI is InChI=1S/C25H25N3O5S/c29-24-15-19(17-28(24)23-10-3-6-18-5-1-2-9-22(18)23)25(30)26-20-7-4-8-21(16-20)34(31,32)27-11-13-33-14-12-27/h1-10,16,19H,11-15,17H2,(H,26,30)/t19-/m0/s1. The molecule has 2 aliphatic rings. The number of sulfonamides is 1. The molecule has 3 aromatic rings. The van der Waals surface area contributed by atoms with Crippen LogP contribution in [0.15, 0.2) is 71.6 Å². The molecular weight excluding hydrogens is 454 g/mol. The number of benzene rings is 3. The number of fused-ring (bicyclic) bond motifs is 1. The summed E-state index contributed by atoms with van der Waals surface area (Å²) in [5, 5.41) is 4.79. The number of hydrogen-bond donors (Lipinski definition) is 1. The number of hydrogen-bond acceptors (Lipinski definition) is 5. The van der Waals surface area contributed by atoms with Gasteiger partial charge >= 0.3 is 0 Å². The Bertz CT molecular complexity index is 1350. The Kier molecular flexibility index (Phi) is 6.07. The highest BCUT2D eigenvalue weighted by Crippen LogP contribution is 2.32. The molecule has 0 aromatic heterocycles. The van der Waals surface area contributed by atoms with E-state index in [-0.39, 0.29) is 29.7 Å². The molecule has 5 rings (SSSR count). The van der Waals surface area contributed by atoms with E-state index in [1.165, 1.54) is 16.4 Å². The highest BCUT2D eigenvalue weighted by Gasteiger charge is 2.36. The summed E-state index contributed by atoms with van der Waals surface area (Å²) in [6.45, 7) is 1.59. The van der Waals surface area contributed by atoms with Gasteiger partial charge < -0.3 is 15.0 Å².